The maximum Gasteiger partial charge on any atom is 0.267 e. The Labute approximate surface area is 159 Å². The van der Waals surface area contributed by atoms with Gasteiger partial charge < -0.3 is 4.90 Å². The van der Waals surface area contributed by atoms with E-state index in [1.54, 1.807) is 4.57 Å². The van der Waals surface area contributed by atoms with Crippen LogP contribution in [-0.2, 0) is 4.79 Å². The standard InChI is InChI=1S/C19H19N3O2S2/c1-13(17(23)21-10-5-6-11-21)26-19-20-16-15(9-12-25-16)18(24)22(19)14-7-3-2-4-8-14/h2-4,7-9,12-13H,5-6,10-11H2,1H3/t13-/m1/s1. The minimum Gasteiger partial charge on any atom is -0.342 e. The molecule has 26 heavy (non-hydrogen) atoms. The fraction of sp³-hybridized carbons (Fsp3) is 0.316. The molecule has 0 radical (unpaired) electrons. The maximum absolute atomic E-state index is 13.0. The summed E-state index contributed by atoms with van der Waals surface area (Å²) in [6, 6.07) is 11.3. The van der Waals surface area contributed by atoms with E-state index in [0.717, 1.165) is 31.6 Å². The molecule has 3 heterocycles. The lowest BCUT2D eigenvalue weighted by Gasteiger charge is -2.20. The van der Waals surface area contributed by atoms with Crippen molar-refractivity contribution in [1.82, 2.24) is 14.5 Å². The molecule has 1 amide bonds. The van der Waals surface area contributed by atoms with E-state index in [9.17, 15) is 9.59 Å². The van der Waals surface area contributed by atoms with Gasteiger partial charge in [-0.25, -0.2) is 4.98 Å². The number of carbonyl (C=O) groups is 1. The second-order valence-electron chi connectivity index (χ2n) is 6.30. The Morgan fingerprint density at radius 2 is 1.92 bits per heavy atom. The topological polar surface area (TPSA) is 55.2 Å². The number of fused-ring (bicyclic) bond motifs is 1. The molecule has 1 fully saturated rings. The van der Waals surface area contributed by atoms with Gasteiger partial charge in [-0.05, 0) is 43.3 Å². The van der Waals surface area contributed by atoms with Gasteiger partial charge in [0, 0.05) is 13.1 Å². The molecule has 1 atom stereocenters. The van der Waals surface area contributed by atoms with Gasteiger partial charge in [0.2, 0.25) is 5.91 Å². The highest BCUT2D eigenvalue weighted by atomic mass is 32.2. The molecule has 1 aromatic carbocycles. The zero-order valence-corrected chi connectivity index (χ0v) is 16.1. The molecule has 3 aromatic rings. The summed E-state index contributed by atoms with van der Waals surface area (Å²) in [5.41, 5.74) is 0.673. The van der Waals surface area contributed by atoms with Crippen LogP contribution in [0.25, 0.3) is 15.9 Å². The first kappa shape index (κ1) is 17.3. The summed E-state index contributed by atoms with van der Waals surface area (Å²) in [6.45, 7) is 3.55. The van der Waals surface area contributed by atoms with Crippen LogP contribution in [0.2, 0.25) is 0 Å². The second kappa shape index (κ2) is 7.25. The number of thioether (sulfide) groups is 1. The third kappa shape index (κ3) is 3.17. The van der Waals surface area contributed by atoms with Crippen molar-refractivity contribution in [3.8, 4) is 5.69 Å². The Balaban J connectivity index is 1.76. The summed E-state index contributed by atoms with van der Waals surface area (Å²) in [7, 11) is 0. The molecule has 5 nitrogen and oxygen atoms in total. The maximum atomic E-state index is 13.0. The van der Waals surface area contributed by atoms with Crippen LogP contribution in [0, 0.1) is 0 Å². The van der Waals surface area contributed by atoms with Crippen molar-refractivity contribution in [3.63, 3.8) is 0 Å². The summed E-state index contributed by atoms with van der Waals surface area (Å²) in [6.07, 6.45) is 2.13. The van der Waals surface area contributed by atoms with Gasteiger partial charge in [0.05, 0.1) is 16.3 Å². The Bertz CT molecular complexity index is 991. The number of hydrogen-bond acceptors (Lipinski definition) is 5. The molecule has 134 valence electrons. The summed E-state index contributed by atoms with van der Waals surface area (Å²) >= 11 is 2.81. The average Bonchev–Trinajstić information content (AvgIpc) is 3.34. The zero-order chi connectivity index (χ0) is 18.1. The van der Waals surface area contributed by atoms with E-state index in [0.29, 0.717) is 15.4 Å². The molecule has 0 N–H and O–H groups in total. The Morgan fingerprint density at radius 1 is 1.19 bits per heavy atom. The third-order valence-corrected chi connectivity index (χ3v) is 6.38. The van der Waals surface area contributed by atoms with E-state index in [2.05, 4.69) is 0 Å². The minimum absolute atomic E-state index is 0.0919. The molecular weight excluding hydrogens is 366 g/mol. The first-order valence-corrected chi connectivity index (χ1v) is 10.4. The molecule has 0 saturated carbocycles. The van der Waals surface area contributed by atoms with Crippen molar-refractivity contribution >= 4 is 39.2 Å². The summed E-state index contributed by atoms with van der Waals surface area (Å²) in [5.74, 6) is 0.118. The number of thiophene rings is 1. The van der Waals surface area contributed by atoms with Crippen LogP contribution < -0.4 is 5.56 Å². The van der Waals surface area contributed by atoms with Crippen LogP contribution in [0.4, 0.5) is 0 Å². The molecule has 1 aliphatic heterocycles. The number of amides is 1. The average molecular weight is 386 g/mol. The van der Waals surface area contributed by atoms with Gasteiger partial charge in [0.15, 0.2) is 5.16 Å². The van der Waals surface area contributed by atoms with Gasteiger partial charge in [-0.1, -0.05) is 30.0 Å². The van der Waals surface area contributed by atoms with Gasteiger partial charge in [-0.15, -0.1) is 11.3 Å². The number of benzene rings is 1. The van der Waals surface area contributed by atoms with E-state index < -0.39 is 0 Å². The van der Waals surface area contributed by atoms with E-state index in [1.807, 2.05) is 53.6 Å². The molecular formula is C19H19N3O2S2. The second-order valence-corrected chi connectivity index (χ2v) is 8.50. The SMILES string of the molecule is C[C@@H](Sc1nc2sccc2c(=O)n1-c1ccccc1)C(=O)N1CCCC1. The number of hydrogen-bond donors (Lipinski definition) is 0. The van der Waals surface area contributed by atoms with Gasteiger partial charge in [0.25, 0.3) is 5.56 Å². The van der Waals surface area contributed by atoms with E-state index >= 15 is 0 Å². The number of nitrogens with zero attached hydrogens (tertiary/aromatic N) is 3. The fourth-order valence-corrected chi connectivity index (χ4v) is 5.00. The highest BCUT2D eigenvalue weighted by Gasteiger charge is 2.26. The van der Waals surface area contributed by atoms with Gasteiger partial charge in [-0.3, -0.25) is 14.2 Å². The number of carbonyl (C=O) groups excluding carboxylic acids is 1. The quantitative estimate of drug-likeness (QED) is 0.509. The molecule has 0 bridgehead atoms. The normalized spacial score (nSPS) is 15.5. The fourth-order valence-electron chi connectivity index (χ4n) is 3.18. The van der Waals surface area contributed by atoms with Gasteiger partial charge >= 0.3 is 0 Å². The first-order chi connectivity index (χ1) is 12.6. The molecule has 0 aliphatic carbocycles. The lowest BCUT2D eigenvalue weighted by atomic mass is 10.3. The van der Waals surface area contributed by atoms with Crippen LogP contribution in [0.15, 0.2) is 51.7 Å². The van der Waals surface area contributed by atoms with E-state index in [1.165, 1.54) is 23.1 Å². The highest BCUT2D eigenvalue weighted by Crippen LogP contribution is 2.28. The summed E-state index contributed by atoms with van der Waals surface area (Å²) in [5, 5.41) is 2.77. The smallest absolute Gasteiger partial charge is 0.267 e. The van der Waals surface area contributed by atoms with Crippen molar-refractivity contribution in [2.24, 2.45) is 0 Å². The van der Waals surface area contributed by atoms with Crippen molar-refractivity contribution < 1.29 is 4.79 Å². The molecule has 0 unspecified atom stereocenters. The number of aromatic nitrogens is 2. The zero-order valence-electron chi connectivity index (χ0n) is 14.4. The van der Waals surface area contributed by atoms with Crippen molar-refractivity contribution in [3.05, 3.63) is 52.1 Å². The molecule has 0 spiro atoms. The highest BCUT2D eigenvalue weighted by molar-refractivity contribution is 8.00. The van der Waals surface area contributed by atoms with Crippen LogP contribution in [0.5, 0.6) is 0 Å². The lowest BCUT2D eigenvalue weighted by Crippen LogP contribution is -2.34. The number of likely N-dealkylation sites (tertiary alicyclic amines) is 1. The van der Waals surface area contributed by atoms with Crippen molar-refractivity contribution in [1.29, 1.82) is 0 Å². The van der Waals surface area contributed by atoms with E-state index in [4.69, 9.17) is 4.98 Å². The molecule has 7 heteroatoms. The Kier molecular flexibility index (Phi) is 4.82. The predicted octanol–water partition coefficient (Wildman–Crippen LogP) is 3.55. The number of rotatable bonds is 4. The monoisotopic (exact) mass is 385 g/mol. The molecule has 1 saturated heterocycles. The van der Waals surface area contributed by atoms with Gasteiger partial charge in [0.1, 0.15) is 4.83 Å². The molecule has 4 rings (SSSR count). The van der Waals surface area contributed by atoms with Crippen LogP contribution in [0.1, 0.15) is 19.8 Å². The predicted molar refractivity (Wildman–Crippen MR) is 106 cm³/mol. The Hall–Kier alpha value is -2.12. The molecule has 2 aromatic heterocycles. The van der Waals surface area contributed by atoms with E-state index in [-0.39, 0.29) is 16.7 Å². The molecule has 1 aliphatic rings. The third-order valence-electron chi connectivity index (χ3n) is 4.53. The lowest BCUT2D eigenvalue weighted by molar-refractivity contribution is -0.129. The summed E-state index contributed by atoms with van der Waals surface area (Å²) < 4.78 is 1.62. The van der Waals surface area contributed by atoms with Crippen molar-refractivity contribution in [2.75, 3.05) is 13.1 Å². The first-order valence-electron chi connectivity index (χ1n) is 8.66. The summed E-state index contributed by atoms with van der Waals surface area (Å²) in [4.78, 5) is 33.0. The van der Waals surface area contributed by atoms with Crippen molar-refractivity contribution in [2.45, 2.75) is 30.2 Å². The van der Waals surface area contributed by atoms with Crippen LogP contribution in [-0.4, -0.2) is 38.7 Å². The minimum atomic E-state index is -0.285. The Morgan fingerprint density at radius 3 is 2.65 bits per heavy atom. The van der Waals surface area contributed by atoms with Gasteiger partial charge in [-0.2, -0.15) is 0 Å². The van der Waals surface area contributed by atoms with Crippen LogP contribution in [0.3, 0.4) is 0 Å². The largest absolute Gasteiger partial charge is 0.342 e. The number of para-hydroxylation sites is 1. The van der Waals surface area contributed by atoms with Crippen LogP contribution >= 0.6 is 23.1 Å².